The van der Waals surface area contributed by atoms with Crippen LogP contribution in [0.25, 0.3) is 0 Å². The molecule has 39 heavy (non-hydrogen) atoms. The van der Waals surface area contributed by atoms with Gasteiger partial charge < -0.3 is 0 Å². The molecule has 0 aromatic heterocycles. The average molecular weight is 541 g/mol. The fraction of sp³-hybridized carbons (Fsp3) is 0.194. The maximum Gasteiger partial charge on any atom is 0.265 e. The number of carbonyl (C=O) groups excluding carboxylic acids is 1. The van der Waals surface area contributed by atoms with E-state index in [-0.39, 0.29) is 17.1 Å². The minimum atomic E-state index is -4.24. The van der Waals surface area contributed by atoms with Crippen LogP contribution < -0.4 is 4.31 Å². The van der Waals surface area contributed by atoms with Gasteiger partial charge in [0.05, 0.1) is 16.5 Å². The Kier molecular flexibility index (Phi) is 7.06. The lowest BCUT2D eigenvalue weighted by Crippen LogP contribution is -2.51. The molecule has 0 saturated heterocycles. The SMILES string of the molecule is Cc1ccc(S(=O)(=O)N2c3c(C)cccc3[C@H](CC(=O)c3ccccc3)[C@@H]([N+](=O)[O-])[C@@H]2c2ccccc2)cc1. The summed E-state index contributed by atoms with van der Waals surface area (Å²) in [5.74, 6) is -1.08. The van der Waals surface area contributed by atoms with Gasteiger partial charge in [0, 0.05) is 16.9 Å². The molecule has 0 amide bonds. The van der Waals surface area contributed by atoms with Crippen LogP contribution in [0.1, 0.15) is 51.0 Å². The zero-order chi connectivity index (χ0) is 27.7. The molecular formula is C31H28N2O5S. The first-order chi connectivity index (χ1) is 18.7. The smallest absolute Gasteiger partial charge is 0.265 e. The van der Waals surface area contributed by atoms with E-state index in [1.807, 2.05) is 6.92 Å². The summed E-state index contributed by atoms with van der Waals surface area (Å²) < 4.78 is 29.9. The lowest BCUT2D eigenvalue weighted by atomic mass is 9.76. The van der Waals surface area contributed by atoms with E-state index < -0.39 is 32.9 Å². The minimum Gasteiger partial charge on any atom is -0.294 e. The summed E-state index contributed by atoms with van der Waals surface area (Å²) >= 11 is 0. The second-order valence-electron chi connectivity index (χ2n) is 9.86. The summed E-state index contributed by atoms with van der Waals surface area (Å²) in [5.41, 5.74) is 3.36. The molecule has 1 aliphatic heterocycles. The third-order valence-corrected chi connectivity index (χ3v) is 9.14. The molecule has 0 aliphatic carbocycles. The molecule has 5 rings (SSSR count). The van der Waals surface area contributed by atoms with Crippen molar-refractivity contribution < 1.29 is 18.1 Å². The van der Waals surface area contributed by atoms with Gasteiger partial charge in [-0.05, 0) is 42.7 Å². The summed E-state index contributed by atoms with van der Waals surface area (Å²) in [7, 11) is -4.24. The first-order valence-corrected chi connectivity index (χ1v) is 14.1. The number of rotatable bonds is 7. The highest BCUT2D eigenvalue weighted by Gasteiger charge is 2.54. The standard InChI is InChI=1S/C31H28N2O5S/c1-21-16-18-25(19-17-21)39(37,38)32-29-22(2)10-9-15-26(29)27(20-28(34)23-11-5-3-6-12-23)31(33(35)36)30(32)24-13-7-4-8-14-24/h3-19,27,30-31H,20H2,1-2H3/t27-,30-,31+/m0/s1. The molecule has 4 aromatic carbocycles. The van der Waals surface area contributed by atoms with Crippen LogP contribution in [0, 0.1) is 24.0 Å². The maximum absolute atomic E-state index is 14.4. The van der Waals surface area contributed by atoms with E-state index in [1.54, 1.807) is 97.9 Å². The predicted molar refractivity (Wildman–Crippen MR) is 150 cm³/mol. The molecule has 3 atom stereocenters. The summed E-state index contributed by atoms with van der Waals surface area (Å²) in [5, 5.41) is 12.9. The monoisotopic (exact) mass is 540 g/mol. The number of anilines is 1. The Hall–Kier alpha value is -4.30. The van der Waals surface area contributed by atoms with Gasteiger partial charge in [0.15, 0.2) is 5.78 Å². The van der Waals surface area contributed by atoms with Crippen molar-refractivity contribution in [2.24, 2.45) is 0 Å². The van der Waals surface area contributed by atoms with Gasteiger partial charge in [-0.3, -0.25) is 19.2 Å². The second kappa shape index (κ2) is 10.5. The van der Waals surface area contributed by atoms with E-state index >= 15 is 0 Å². The number of ketones is 1. The van der Waals surface area contributed by atoms with Crippen LogP contribution in [-0.2, 0) is 10.0 Å². The number of carbonyl (C=O) groups is 1. The van der Waals surface area contributed by atoms with Gasteiger partial charge in [0.25, 0.3) is 10.0 Å². The van der Waals surface area contributed by atoms with Gasteiger partial charge in [0.1, 0.15) is 6.04 Å². The number of sulfonamides is 1. The van der Waals surface area contributed by atoms with Gasteiger partial charge in [-0.1, -0.05) is 96.6 Å². The van der Waals surface area contributed by atoms with Crippen LogP contribution in [0.5, 0.6) is 0 Å². The topological polar surface area (TPSA) is 97.6 Å². The predicted octanol–water partition coefficient (Wildman–Crippen LogP) is 6.26. The molecule has 198 valence electrons. The Morgan fingerprint density at radius 1 is 0.846 bits per heavy atom. The van der Waals surface area contributed by atoms with E-state index in [1.165, 1.54) is 16.4 Å². The molecule has 0 fully saturated rings. The lowest BCUT2D eigenvalue weighted by molar-refractivity contribution is -0.531. The fourth-order valence-corrected chi connectivity index (χ4v) is 7.22. The highest BCUT2D eigenvalue weighted by Crippen LogP contribution is 2.51. The Balaban J connectivity index is 1.77. The molecule has 0 unspecified atom stereocenters. The number of fused-ring (bicyclic) bond motifs is 1. The molecule has 0 spiro atoms. The third-order valence-electron chi connectivity index (χ3n) is 7.34. The average Bonchev–Trinajstić information content (AvgIpc) is 2.94. The third kappa shape index (κ3) is 4.83. The Bertz CT molecular complexity index is 1620. The molecule has 8 heteroatoms. The van der Waals surface area contributed by atoms with Crippen LogP contribution >= 0.6 is 0 Å². The van der Waals surface area contributed by atoms with Gasteiger partial charge >= 0.3 is 0 Å². The van der Waals surface area contributed by atoms with Crippen molar-refractivity contribution in [3.05, 3.63) is 141 Å². The molecule has 1 heterocycles. The van der Waals surface area contributed by atoms with E-state index in [4.69, 9.17) is 0 Å². The number of Topliss-reactive ketones (excluding diaryl/α,β-unsaturated/α-hetero) is 1. The number of hydrogen-bond acceptors (Lipinski definition) is 5. The van der Waals surface area contributed by atoms with Crippen molar-refractivity contribution in [3.8, 4) is 0 Å². The summed E-state index contributed by atoms with van der Waals surface area (Å²) in [6.45, 7) is 3.65. The van der Waals surface area contributed by atoms with E-state index in [0.717, 1.165) is 5.56 Å². The van der Waals surface area contributed by atoms with Crippen LogP contribution in [0.2, 0.25) is 0 Å². The number of hydrogen-bond donors (Lipinski definition) is 0. The van der Waals surface area contributed by atoms with E-state index in [0.29, 0.717) is 27.9 Å². The summed E-state index contributed by atoms with van der Waals surface area (Å²) in [6, 6.07) is 26.5. The zero-order valence-corrected chi connectivity index (χ0v) is 22.4. The van der Waals surface area contributed by atoms with Crippen molar-refractivity contribution in [1.82, 2.24) is 0 Å². The quantitative estimate of drug-likeness (QED) is 0.157. The Morgan fingerprint density at radius 3 is 2.08 bits per heavy atom. The first kappa shape index (κ1) is 26.3. The van der Waals surface area contributed by atoms with Crippen molar-refractivity contribution in [2.75, 3.05) is 4.31 Å². The maximum atomic E-state index is 14.4. The van der Waals surface area contributed by atoms with Crippen LogP contribution in [0.4, 0.5) is 5.69 Å². The van der Waals surface area contributed by atoms with Crippen LogP contribution in [-0.4, -0.2) is 25.2 Å². The summed E-state index contributed by atoms with van der Waals surface area (Å²) in [4.78, 5) is 25.9. The summed E-state index contributed by atoms with van der Waals surface area (Å²) in [6.07, 6.45) is -0.131. The normalized spacial score (nSPS) is 18.8. The number of nitrogens with zero attached hydrogens (tertiary/aromatic N) is 2. The van der Waals surface area contributed by atoms with E-state index in [2.05, 4.69) is 0 Å². The lowest BCUT2D eigenvalue weighted by Gasteiger charge is -2.43. The molecule has 7 nitrogen and oxygen atoms in total. The van der Waals surface area contributed by atoms with Crippen LogP contribution in [0.3, 0.4) is 0 Å². The van der Waals surface area contributed by atoms with Crippen molar-refractivity contribution in [2.45, 2.75) is 43.2 Å². The van der Waals surface area contributed by atoms with Gasteiger partial charge in [-0.2, -0.15) is 0 Å². The van der Waals surface area contributed by atoms with Gasteiger partial charge in [0.2, 0.25) is 6.04 Å². The zero-order valence-electron chi connectivity index (χ0n) is 21.6. The molecule has 4 aromatic rings. The van der Waals surface area contributed by atoms with Crippen molar-refractivity contribution in [1.29, 1.82) is 0 Å². The highest BCUT2D eigenvalue weighted by atomic mass is 32.2. The molecule has 0 radical (unpaired) electrons. The van der Waals surface area contributed by atoms with Gasteiger partial charge in [-0.25, -0.2) is 8.42 Å². The largest absolute Gasteiger partial charge is 0.294 e. The number of benzene rings is 4. The Labute approximate surface area is 227 Å². The number of nitro groups is 1. The van der Waals surface area contributed by atoms with Gasteiger partial charge in [-0.15, -0.1) is 0 Å². The fourth-order valence-electron chi connectivity index (χ4n) is 5.47. The number of aryl methyl sites for hydroxylation is 2. The Morgan fingerprint density at radius 2 is 1.46 bits per heavy atom. The molecular weight excluding hydrogens is 512 g/mol. The molecule has 1 aliphatic rings. The minimum absolute atomic E-state index is 0.0455. The van der Waals surface area contributed by atoms with Crippen LogP contribution in [0.15, 0.2) is 108 Å². The molecule has 0 N–H and O–H groups in total. The highest BCUT2D eigenvalue weighted by molar-refractivity contribution is 7.92. The van der Waals surface area contributed by atoms with E-state index in [9.17, 15) is 23.3 Å². The number of para-hydroxylation sites is 1. The van der Waals surface area contributed by atoms with Crippen molar-refractivity contribution in [3.63, 3.8) is 0 Å². The second-order valence-corrected chi connectivity index (χ2v) is 11.7. The van der Waals surface area contributed by atoms with Crippen molar-refractivity contribution >= 4 is 21.5 Å². The molecule has 0 saturated carbocycles. The molecule has 0 bridgehead atoms. The first-order valence-electron chi connectivity index (χ1n) is 12.7.